The molecule has 0 heterocycles. The fourth-order valence-electron chi connectivity index (χ4n) is 2.07. The van der Waals surface area contributed by atoms with E-state index in [9.17, 15) is 9.90 Å². The summed E-state index contributed by atoms with van der Waals surface area (Å²) in [6.45, 7) is 4.15. The predicted octanol–water partition coefficient (Wildman–Crippen LogP) is 3.61. The molecule has 0 radical (unpaired) electrons. The van der Waals surface area contributed by atoms with Crippen LogP contribution in [0.1, 0.15) is 25.8 Å². The second-order valence-corrected chi connectivity index (χ2v) is 5.82. The summed E-state index contributed by atoms with van der Waals surface area (Å²) in [6, 6.07) is 17.1. The van der Waals surface area contributed by atoms with Gasteiger partial charge in [-0.2, -0.15) is 0 Å². The minimum Gasteiger partial charge on any atom is -0.489 e. The summed E-state index contributed by atoms with van der Waals surface area (Å²) in [4.78, 5) is 12.0. The molecule has 122 valence electrons. The van der Waals surface area contributed by atoms with Crippen LogP contribution >= 0.6 is 0 Å². The zero-order valence-corrected chi connectivity index (χ0v) is 13.5. The topological polar surface area (TPSA) is 58.6 Å². The average Bonchev–Trinajstić information content (AvgIpc) is 2.54. The van der Waals surface area contributed by atoms with E-state index < -0.39 is 6.10 Å². The molecule has 2 N–H and O–H groups in total. The molecule has 4 nitrogen and oxygen atoms in total. The maximum Gasteiger partial charge on any atom is 0.226 e. The van der Waals surface area contributed by atoms with Crippen LogP contribution < -0.4 is 10.1 Å². The van der Waals surface area contributed by atoms with Gasteiger partial charge < -0.3 is 15.2 Å². The Morgan fingerprint density at radius 1 is 1.09 bits per heavy atom. The van der Waals surface area contributed by atoms with Crippen molar-refractivity contribution >= 4 is 11.6 Å². The Balaban J connectivity index is 1.98. The Bertz CT molecular complexity index is 626. The molecule has 0 bridgehead atoms. The second kappa shape index (κ2) is 8.34. The summed E-state index contributed by atoms with van der Waals surface area (Å²) in [6.07, 6.45) is -0.548. The number of amides is 1. The molecule has 23 heavy (non-hydrogen) atoms. The van der Waals surface area contributed by atoms with E-state index in [0.717, 1.165) is 11.3 Å². The highest BCUT2D eigenvalue weighted by Gasteiger charge is 2.15. The first-order chi connectivity index (χ1) is 11.1. The summed E-state index contributed by atoms with van der Waals surface area (Å²) in [5, 5.41) is 12.7. The van der Waals surface area contributed by atoms with Crippen LogP contribution in [0.4, 0.5) is 5.69 Å². The maximum absolute atomic E-state index is 12.0. The van der Waals surface area contributed by atoms with E-state index >= 15 is 0 Å². The normalized spacial score (nSPS) is 12.0. The predicted molar refractivity (Wildman–Crippen MR) is 91.3 cm³/mol. The van der Waals surface area contributed by atoms with Gasteiger partial charge in [0.25, 0.3) is 0 Å². The van der Waals surface area contributed by atoms with E-state index in [0.29, 0.717) is 12.3 Å². The molecule has 2 rings (SSSR count). The second-order valence-electron chi connectivity index (χ2n) is 5.82. The van der Waals surface area contributed by atoms with Gasteiger partial charge in [-0.3, -0.25) is 4.79 Å². The molecule has 1 unspecified atom stereocenters. The fraction of sp³-hybridized carbons (Fsp3) is 0.316. The van der Waals surface area contributed by atoms with Crippen molar-refractivity contribution in [3.63, 3.8) is 0 Å². The van der Waals surface area contributed by atoms with Crippen LogP contribution in [0, 0.1) is 5.92 Å². The maximum atomic E-state index is 12.0. The molecule has 0 saturated heterocycles. The number of para-hydroxylation sites is 2. The van der Waals surface area contributed by atoms with Crippen molar-refractivity contribution in [3.8, 4) is 5.75 Å². The summed E-state index contributed by atoms with van der Waals surface area (Å²) >= 11 is 0. The SMILES string of the molecule is CC(C)C(O)CC(=O)Nc1ccccc1COc1ccccc1. The molecule has 0 aliphatic heterocycles. The lowest BCUT2D eigenvalue weighted by atomic mass is 10.0. The number of aliphatic hydroxyl groups is 1. The van der Waals surface area contributed by atoms with Gasteiger partial charge in [0.15, 0.2) is 0 Å². The van der Waals surface area contributed by atoms with E-state index in [-0.39, 0.29) is 18.2 Å². The lowest BCUT2D eigenvalue weighted by Gasteiger charge is -2.16. The van der Waals surface area contributed by atoms with Gasteiger partial charge in [0.1, 0.15) is 12.4 Å². The Morgan fingerprint density at radius 2 is 1.74 bits per heavy atom. The van der Waals surface area contributed by atoms with Crippen LogP contribution in [-0.4, -0.2) is 17.1 Å². The standard InChI is InChI=1S/C19H23NO3/c1-14(2)18(21)12-19(22)20-17-11-7-6-8-15(17)13-23-16-9-4-3-5-10-16/h3-11,14,18,21H,12-13H2,1-2H3,(H,20,22). The fourth-order valence-corrected chi connectivity index (χ4v) is 2.07. The number of aliphatic hydroxyl groups excluding tert-OH is 1. The molecule has 0 spiro atoms. The number of benzene rings is 2. The van der Waals surface area contributed by atoms with Crippen molar-refractivity contribution in [3.05, 3.63) is 60.2 Å². The number of anilines is 1. The highest BCUT2D eigenvalue weighted by atomic mass is 16.5. The summed E-state index contributed by atoms with van der Waals surface area (Å²) in [7, 11) is 0. The number of hydrogen-bond acceptors (Lipinski definition) is 3. The Kier molecular flexibility index (Phi) is 6.18. The number of hydrogen-bond donors (Lipinski definition) is 2. The van der Waals surface area contributed by atoms with Crippen molar-refractivity contribution in [2.45, 2.75) is 33.0 Å². The molecule has 4 heteroatoms. The van der Waals surface area contributed by atoms with Crippen LogP contribution in [0.15, 0.2) is 54.6 Å². The molecule has 2 aromatic rings. The number of ether oxygens (including phenoxy) is 1. The summed E-state index contributed by atoms with van der Waals surface area (Å²) < 4.78 is 5.73. The number of rotatable bonds is 7. The van der Waals surface area contributed by atoms with Crippen molar-refractivity contribution < 1.29 is 14.6 Å². The van der Waals surface area contributed by atoms with E-state index in [1.54, 1.807) is 0 Å². The molecule has 1 amide bonds. The minimum absolute atomic E-state index is 0.0532. The van der Waals surface area contributed by atoms with Crippen LogP contribution in [-0.2, 0) is 11.4 Å². The first-order valence-electron chi connectivity index (χ1n) is 7.80. The Morgan fingerprint density at radius 3 is 2.43 bits per heavy atom. The third kappa shape index (κ3) is 5.42. The Hall–Kier alpha value is -2.33. The molecule has 0 aliphatic rings. The van der Waals surface area contributed by atoms with Gasteiger partial charge >= 0.3 is 0 Å². The lowest BCUT2D eigenvalue weighted by molar-refractivity contribution is -0.118. The Labute approximate surface area is 137 Å². The van der Waals surface area contributed by atoms with Gasteiger partial charge in [-0.1, -0.05) is 50.2 Å². The molecule has 0 saturated carbocycles. The van der Waals surface area contributed by atoms with E-state index in [1.807, 2.05) is 68.4 Å². The smallest absolute Gasteiger partial charge is 0.226 e. The van der Waals surface area contributed by atoms with Gasteiger partial charge in [0.05, 0.1) is 12.5 Å². The van der Waals surface area contributed by atoms with Gasteiger partial charge in [-0.05, 0) is 24.1 Å². The van der Waals surface area contributed by atoms with Crippen LogP contribution in [0.25, 0.3) is 0 Å². The zero-order chi connectivity index (χ0) is 16.7. The van der Waals surface area contributed by atoms with Crippen LogP contribution in [0.2, 0.25) is 0 Å². The van der Waals surface area contributed by atoms with Gasteiger partial charge in [0, 0.05) is 11.3 Å². The molecular weight excluding hydrogens is 290 g/mol. The quantitative estimate of drug-likeness (QED) is 0.821. The molecule has 0 fully saturated rings. The number of carbonyl (C=O) groups excluding carboxylic acids is 1. The van der Waals surface area contributed by atoms with E-state index in [4.69, 9.17) is 4.74 Å². The average molecular weight is 313 g/mol. The zero-order valence-electron chi connectivity index (χ0n) is 13.5. The first kappa shape index (κ1) is 17.0. The molecular formula is C19H23NO3. The van der Waals surface area contributed by atoms with Crippen molar-refractivity contribution in [2.75, 3.05) is 5.32 Å². The van der Waals surface area contributed by atoms with Gasteiger partial charge in [-0.15, -0.1) is 0 Å². The highest BCUT2D eigenvalue weighted by Crippen LogP contribution is 2.19. The van der Waals surface area contributed by atoms with Gasteiger partial charge in [-0.25, -0.2) is 0 Å². The molecule has 0 aliphatic carbocycles. The monoisotopic (exact) mass is 313 g/mol. The molecule has 0 aromatic heterocycles. The minimum atomic E-state index is -0.636. The lowest BCUT2D eigenvalue weighted by Crippen LogP contribution is -2.24. The van der Waals surface area contributed by atoms with Crippen LogP contribution in [0.5, 0.6) is 5.75 Å². The van der Waals surface area contributed by atoms with Crippen molar-refractivity contribution in [2.24, 2.45) is 5.92 Å². The number of nitrogens with one attached hydrogen (secondary N) is 1. The highest BCUT2D eigenvalue weighted by molar-refractivity contribution is 5.91. The molecule has 2 aromatic carbocycles. The third-order valence-electron chi connectivity index (χ3n) is 3.59. The third-order valence-corrected chi connectivity index (χ3v) is 3.59. The number of carbonyl (C=O) groups is 1. The summed E-state index contributed by atoms with van der Waals surface area (Å²) in [5.41, 5.74) is 1.60. The largest absolute Gasteiger partial charge is 0.489 e. The van der Waals surface area contributed by atoms with E-state index in [1.165, 1.54) is 0 Å². The first-order valence-corrected chi connectivity index (χ1v) is 7.80. The van der Waals surface area contributed by atoms with Gasteiger partial charge in [0.2, 0.25) is 5.91 Å². The summed E-state index contributed by atoms with van der Waals surface area (Å²) in [5.74, 6) is 0.639. The van der Waals surface area contributed by atoms with Crippen LogP contribution in [0.3, 0.4) is 0 Å². The van der Waals surface area contributed by atoms with Crippen molar-refractivity contribution in [1.29, 1.82) is 0 Å². The van der Waals surface area contributed by atoms with E-state index in [2.05, 4.69) is 5.32 Å². The molecule has 1 atom stereocenters. The van der Waals surface area contributed by atoms with Crippen molar-refractivity contribution in [1.82, 2.24) is 0 Å².